The Morgan fingerprint density at radius 3 is 1.18 bits per heavy atom. The van der Waals surface area contributed by atoms with E-state index in [0.29, 0.717) is 6.42 Å². The molecule has 22 heavy (non-hydrogen) atoms. The molecule has 0 amide bonds. The normalized spacial score (nSPS) is 9.86. The summed E-state index contributed by atoms with van der Waals surface area (Å²) in [5.74, 6) is -0.653. The summed E-state index contributed by atoms with van der Waals surface area (Å²) in [4.78, 5) is 10.3. The molecular formula is C18H41InO2Sn. The van der Waals surface area contributed by atoms with Gasteiger partial charge in [-0.3, -0.25) is 4.79 Å². The van der Waals surface area contributed by atoms with Gasteiger partial charge in [0.2, 0.25) is 0 Å². The van der Waals surface area contributed by atoms with Crippen LogP contribution in [0.5, 0.6) is 0 Å². The summed E-state index contributed by atoms with van der Waals surface area (Å²) < 4.78 is 0. The van der Waals surface area contributed by atoms with Crippen LogP contribution < -0.4 is 0 Å². The third kappa shape index (κ3) is 26.1. The maximum atomic E-state index is 10.3. The first-order valence-corrected chi connectivity index (χ1v) is 8.99. The maximum absolute atomic E-state index is 10.3. The Labute approximate surface area is 174 Å². The van der Waals surface area contributed by atoms with Crippen LogP contribution in [0.4, 0.5) is 0 Å². The zero-order valence-electron chi connectivity index (χ0n) is 14.4. The predicted molar refractivity (Wildman–Crippen MR) is 106 cm³/mol. The molecule has 0 saturated heterocycles. The summed E-state index contributed by atoms with van der Waals surface area (Å²) in [6.45, 7) is 2.27. The van der Waals surface area contributed by atoms with Crippen molar-refractivity contribution in [3.05, 3.63) is 0 Å². The third-order valence-corrected chi connectivity index (χ3v) is 3.99. The fourth-order valence-corrected chi connectivity index (χ4v) is 2.65. The topological polar surface area (TPSA) is 37.3 Å². The van der Waals surface area contributed by atoms with E-state index in [-0.39, 0.29) is 49.8 Å². The molecule has 0 rings (SSSR count). The number of carboxylic acid groups (broad SMARTS) is 1. The van der Waals surface area contributed by atoms with Gasteiger partial charge in [-0.25, -0.2) is 0 Å². The molecule has 0 heterocycles. The van der Waals surface area contributed by atoms with Crippen molar-refractivity contribution in [1.29, 1.82) is 0 Å². The first-order chi connectivity index (χ1) is 9.77. The van der Waals surface area contributed by atoms with E-state index in [9.17, 15) is 4.79 Å². The average Bonchev–Trinajstić information content (AvgIpc) is 2.43. The van der Waals surface area contributed by atoms with Gasteiger partial charge in [0, 0.05) is 6.42 Å². The van der Waals surface area contributed by atoms with Gasteiger partial charge in [0.05, 0.1) is 0 Å². The molecule has 0 aliphatic rings. The minimum atomic E-state index is -0.653. The molecule has 0 aliphatic carbocycles. The molecule has 132 valence electrons. The molecule has 0 aliphatic heterocycles. The Hall–Kier alpha value is 1.14. The molecule has 0 aromatic rings. The summed E-state index contributed by atoms with van der Waals surface area (Å²) >= 11 is 0. The Balaban J connectivity index is -0.00000180. The van der Waals surface area contributed by atoms with E-state index in [0.717, 1.165) is 12.8 Å². The van der Waals surface area contributed by atoms with E-state index in [1.54, 1.807) is 0 Å². The van der Waals surface area contributed by atoms with Crippen LogP contribution in [0.15, 0.2) is 0 Å². The summed E-state index contributed by atoms with van der Waals surface area (Å²) in [6.07, 6.45) is 20.2. The molecule has 2 radical (unpaired) electrons. The van der Waals surface area contributed by atoms with Crippen LogP contribution in [-0.4, -0.2) is 60.8 Å². The van der Waals surface area contributed by atoms with Gasteiger partial charge in [0.1, 0.15) is 0 Å². The molecule has 0 aromatic carbocycles. The van der Waals surface area contributed by atoms with Crippen molar-refractivity contribution in [2.24, 2.45) is 0 Å². The van der Waals surface area contributed by atoms with Gasteiger partial charge in [-0.1, -0.05) is 96.8 Å². The van der Waals surface area contributed by atoms with Gasteiger partial charge < -0.3 is 5.11 Å². The van der Waals surface area contributed by atoms with Crippen molar-refractivity contribution in [3.63, 3.8) is 0 Å². The average molecular weight is 523 g/mol. The Morgan fingerprint density at radius 1 is 0.636 bits per heavy atom. The molecular weight excluding hydrogens is 482 g/mol. The number of hydrogen-bond acceptors (Lipinski definition) is 1. The molecule has 1 N–H and O–H groups in total. The molecule has 0 saturated carbocycles. The monoisotopic (exact) mass is 524 g/mol. The minimum absolute atomic E-state index is 0. The number of unbranched alkanes of at least 4 members (excludes halogenated alkanes) is 14. The van der Waals surface area contributed by atoms with Crippen LogP contribution in [0.3, 0.4) is 0 Å². The summed E-state index contributed by atoms with van der Waals surface area (Å²) in [5.41, 5.74) is 0. The molecule has 0 spiro atoms. The Morgan fingerprint density at radius 2 is 0.909 bits per heavy atom. The number of hydrogen-bond donors (Lipinski definition) is 1. The standard InChI is InChI=1S/C18H36O2.In.Sn.5H/c1-2-3-4-5-6-7-8-9-10-11-12-13-14-15-16-17-18(19)20;;;;;;;/h2-17H2,1H3,(H,19,20);;;;;;;. The van der Waals surface area contributed by atoms with Gasteiger partial charge in [0.15, 0.2) is 0 Å². The zero-order valence-corrected chi connectivity index (χ0v) is 18.4. The quantitative estimate of drug-likeness (QED) is 0.243. The molecule has 0 bridgehead atoms. The second-order valence-electron chi connectivity index (χ2n) is 6.09. The first-order valence-electron chi connectivity index (χ1n) is 8.99. The van der Waals surface area contributed by atoms with E-state index in [1.165, 1.54) is 83.5 Å². The summed E-state index contributed by atoms with van der Waals surface area (Å²) in [5, 5.41) is 8.52. The van der Waals surface area contributed by atoms with Gasteiger partial charge in [0.25, 0.3) is 0 Å². The molecule has 0 atom stereocenters. The van der Waals surface area contributed by atoms with Crippen molar-refractivity contribution >= 4 is 55.7 Å². The molecule has 0 fully saturated rings. The number of carboxylic acids is 1. The van der Waals surface area contributed by atoms with Crippen LogP contribution in [0.2, 0.25) is 0 Å². The van der Waals surface area contributed by atoms with Crippen molar-refractivity contribution in [2.75, 3.05) is 0 Å². The fourth-order valence-electron chi connectivity index (χ4n) is 2.65. The molecule has 4 heteroatoms. The number of aliphatic carboxylic acids is 1. The second-order valence-corrected chi connectivity index (χ2v) is 6.09. The molecule has 0 unspecified atom stereocenters. The number of rotatable bonds is 16. The third-order valence-electron chi connectivity index (χ3n) is 3.99. The van der Waals surface area contributed by atoms with E-state index in [2.05, 4.69) is 6.92 Å². The van der Waals surface area contributed by atoms with Gasteiger partial charge in [-0.15, -0.1) is 0 Å². The van der Waals surface area contributed by atoms with Crippen molar-refractivity contribution in [2.45, 2.75) is 110 Å². The van der Waals surface area contributed by atoms with E-state index < -0.39 is 5.97 Å². The van der Waals surface area contributed by atoms with E-state index >= 15 is 0 Å². The Kier molecular flexibility index (Phi) is 31.0. The van der Waals surface area contributed by atoms with Crippen LogP contribution in [0.1, 0.15) is 110 Å². The second kappa shape index (κ2) is 24.4. The molecule has 2 nitrogen and oxygen atoms in total. The first kappa shape index (κ1) is 28.0. The van der Waals surface area contributed by atoms with Gasteiger partial charge >= 0.3 is 55.7 Å². The van der Waals surface area contributed by atoms with Crippen molar-refractivity contribution in [3.8, 4) is 0 Å². The van der Waals surface area contributed by atoms with Crippen LogP contribution >= 0.6 is 0 Å². The van der Waals surface area contributed by atoms with Gasteiger partial charge in [-0.05, 0) is 6.42 Å². The predicted octanol–water partition coefficient (Wildman–Crippen LogP) is 4.23. The van der Waals surface area contributed by atoms with Crippen molar-refractivity contribution in [1.82, 2.24) is 0 Å². The zero-order chi connectivity index (χ0) is 14.9. The summed E-state index contributed by atoms with van der Waals surface area (Å²) in [7, 11) is 0. The van der Waals surface area contributed by atoms with Crippen LogP contribution in [0.25, 0.3) is 0 Å². The fraction of sp³-hybridized carbons (Fsp3) is 0.944. The van der Waals surface area contributed by atoms with Crippen LogP contribution in [0, 0.1) is 0 Å². The Bertz CT molecular complexity index is 213. The molecule has 0 aromatic heterocycles. The SMILES string of the molecule is CCCCCCCCCCCCCCCCCC(=O)O.[InH3].[SnH2]. The van der Waals surface area contributed by atoms with E-state index in [4.69, 9.17) is 5.11 Å². The number of carbonyl (C=O) groups is 1. The van der Waals surface area contributed by atoms with Crippen LogP contribution in [-0.2, 0) is 4.79 Å². The summed E-state index contributed by atoms with van der Waals surface area (Å²) in [6, 6.07) is 0. The van der Waals surface area contributed by atoms with E-state index in [1.807, 2.05) is 0 Å². The van der Waals surface area contributed by atoms with Gasteiger partial charge in [-0.2, -0.15) is 0 Å². The van der Waals surface area contributed by atoms with Crippen molar-refractivity contribution < 1.29 is 9.90 Å².